The van der Waals surface area contributed by atoms with Crippen LogP contribution in [0.15, 0.2) is 104 Å². The molecule has 0 bridgehead atoms. The second-order valence-electron chi connectivity index (χ2n) is 8.93. The molecule has 1 aliphatic rings. The summed E-state index contributed by atoms with van der Waals surface area (Å²) in [5, 5.41) is 11.3. The van der Waals surface area contributed by atoms with Gasteiger partial charge in [0.1, 0.15) is 12.2 Å². The van der Waals surface area contributed by atoms with Crippen molar-refractivity contribution in [2.45, 2.75) is 44.2 Å². The summed E-state index contributed by atoms with van der Waals surface area (Å²) in [6.07, 6.45) is -0.171. The molecule has 4 rings (SSSR count). The van der Waals surface area contributed by atoms with Gasteiger partial charge in [0.05, 0.1) is 32.0 Å². The second kappa shape index (κ2) is 13.3. The van der Waals surface area contributed by atoms with E-state index in [1.54, 1.807) is 0 Å². The molecule has 35 heavy (non-hydrogen) atoms. The third-order valence-electron chi connectivity index (χ3n) is 6.22. The Bertz CT molecular complexity index is 999. The Morgan fingerprint density at radius 3 is 1.63 bits per heavy atom. The molecule has 1 aliphatic heterocycles. The molecule has 4 atom stereocenters. The number of likely N-dealkylation sites (tertiary alicyclic amines) is 1. The van der Waals surface area contributed by atoms with Crippen LogP contribution in [0.25, 0.3) is 0 Å². The van der Waals surface area contributed by atoms with Gasteiger partial charge < -0.3 is 19.3 Å². The number of ether oxygens (including phenoxy) is 3. The van der Waals surface area contributed by atoms with Crippen molar-refractivity contribution in [1.82, 2.24) is 4.90 Å². The molecule has 0 spiro atoms. The van der Waals surface area contributed by atoms with Crippen LogP contribution in [0.5, 0.6) is 0 Å². The summed E-state index contributed by atoms with van der Waals surface area (Å²) in [6.45, 7) is 6.88. The van der Waals surface area contributed by atoms with Crippen LogP contribution >= 0.6 is 0 Å². The third kappa shape index (κ3) is 7.59. The Hall–Kier alpha value is -2.80. The molecule has 0 unspecified atom stereocenters. The van der Waals surface area contributed by atoms with Crippen LogP contribution < -0.4 is 0 Å². The van der Waals surface area contributed by atoms with Crippen molar-refractivity contribution in [2.24, 2.45) is 0 Å². The minimum atomic E-state index is -0.732. The average Bonchev–Trinajstić information content (AvgIpc) is 3.02. The van der Waals surface area contributed by atoms with E-state index in [1.807, 2.05) is 84.9 Å². The Morgan fingerprint density at radius 2 is 1.14 bits per heavy atom. The lowest BCUT2D eigenvalue weighted by Crippen LogP contribution is -2.48. The summed E-state index contributed by atoms with van der Waals surface area (Å²) >= 11 is 0. The van der Waals surface area contributed by atoms with Gasteiger partial charge in [-0.1, -0.05) is 97.1 Å². The van der Waals surface area contributed by atoms with Gasteiger partial charge in [-0.2, -0.15) is 0 Å². The molecule has 0 saturated carbocycles. The predicted molar refractivity (Wildman–Crippen MR) is 138 cm³/mol. The van der Waals surface area contributed by atoms with Gasteiger partial charge in [-0.05, 0) is 16.7 Å². The Kier molecular flexibility index (Phi) is 9.64. The lowest BCUT2D eigenvalue weighted by molar-refractivity contribution is -0.168. The molecule has 1 fully saturated rings. The van der Waals surface area contributed by atoms with Gasteiger partial charge in [-0.15, -0.1) is 6.58 Å². The fourth-order valence-corrected chi connectivity index (χ4v) is 4.43. The summed E-state index contributed by atoms with van der Waals surface area (Å²) in [4.78, 5) is 2.15. The maximum Gasteiger partial charge on any atom is 0.114 e. The molecule has 5 heteroatoms. The van der Waals surface area contributed by atoms with E-state index in [9.17, 15) is 5.11 Å². The number of nitrogens with zero attached hydrogens (tertiary/aromatic N) is 1. The molecule has 0 aromatic heterocycles. The number of aliphatic hydroxyl groups excluding tert-OH is 1. The largest absolute Gasteiger partial charge is 0.389 e. The molecule has 0 aliphatic carbocycles. The lowest BCUT2D eigenvalue weighted by Gasteiger charge is -2.33. The van der Waals surface area contributed by atoms with Crippen LogP contribution in [-0.4, -0.2) is 54.1 Å². The van der Waals surface area contributed by atoms with Crippen molar-refractivity contribution in [3.05, 3.63) is 120 Å². The quantitative estimate of drug-likeness (QED) is 0.413. The number of β-amino-alcohol motifs (C(OH)–C–C–N with tert-alkyl or cyclic N) is 1. The monoisotopic (exact) mass is 473 g/mol. The van der Waals surface area contributed by atoms with Crippen molar-refractivity contribution in [3.63, 3.8) is 0 Å². The highest BCUT2D eigenvalue weighted by molar-refractivity contribution is 5.15. The fraction of sp³-hybridized carbons (Fsp3) is 0.333. The zero-order valence-electron chi connectivity index (χ0n) is 20.1. The van der Waals surface area contributed by atoms with Crippen LogP contribution in [0, 0.1) is 0 Å². The zero-order chi connectivity index (χ0) is 24.3. The van der Waals surface area contributed by atoms with Gasteiger partial charge in [-0.3, -0.25) is 4.90 Å². The van der Waals surface area contributed by atoms with Crippen molar-refractivity contribution < 1.29 is 19.3 Å². The summed E-state index contributed by atoms with van der Waals surface area (Å²) in [5.74, 6) is 0. The zero-order valence-corrected chi connectivity index (χ0v) is 20.1. The van der Waals surface area contributed by atoms with E-state index in [-0.39, 0.29) is 6.10 Å². The maximum atomic E-state index is 11.3. The second-order valence-corrected chi connectivity index (χ2v) is 8.93. The minimum absolute atomic E-state index is 0.295. The molecule has 184 valence electrons. The number of benzene rings is 3. The van der Waals surface area contributed by atoms with E-state index in [2.05, 4.69) is 23.6 Å². The lowest BCUT2D eigenvalue weighted by atomic mass is 10.0. The standard InChI is InChI=1S/C30H35NO4/c1-2-18-31-19-27(32)29(34-22-25-14-8-4-9-15-25)30(35-23-26-16-10-5-11-17-26)28(20-31)33-21-24-12-6-3-7-13-24/h2-17,27-30,32H,1,18-23H2/t27-,28+,29-,30-/m1/s1. The fourth-order valence-electron chi connectivity index (χ4n) is 4.43. The highest BCUT2D eigenvalue weighted by Crippen LogP contribution is 2.25. The van der Waals surface area contributed by atoms with E-state index >= 15 is 0 Å². The van der Waals surface area contributed by atoms with Crippen molar-refractivity contribution in [1.29, 1.82) is 0 Å². The van der Waals surface area contributed by atoms with Crippen molar-refractivity contribution in [2.75, 3.05) is 19.6 Å². The molecular formula is C30H35NO4. The Balaban J connectivity index is 1.57. The van der Waals surface area contributed by atoms with Gasteiger partial charge in [0, 0.05) is 19.6 Å². The smallest absolute Gasteiger partial charge is 0.114 e. The average molecular weight is 474 g/mol. The maximum absolute atomic E-state index is 11.3. The van der Waals surface area contributed by atoms with Gasteiger partial charge in [0.15, 0.2) is 0 Å². The first kappa shape index (κ1) is 25.3. The van der Waals surface area contributed by atoms with E-state index in [4.69, 9.17) is 14.2 Å². The number of aliphatic hydroxyl groups is 1. The van der Waals surface area contributed by atoms with E-state index < -0.39 is 18.3 Å². The summed E-state index contributed by atoms with van der Waals surface area (Å²) < 4.78 is 19.3. The first-order chi connectivity index (χ1) is 17.2. The normalized spacial score (nSPS) is 23.0. The van der Waals surface area contributed by atoms with Gasteiger partial charge in [-0.25, -0.2) is 0 Å². The SMILES string of the molecule is C=CCN1C[C@@H](O)[C@@H](OCc2ccccc2)[C@H](OCc2ccccc2)[C@@H](OCc2ccccc2)C1. The molecule has 3 aromatic carbocycles. The first-order valence-corrected chi connectivity index (χ1v) is 12.2. The first-order valence-electron chi connectivity index (χ1n) is 12.2. The molecule has 1 N–H and O–H groups in total. The van der Waals surface area contributed by atoms with Gasteiger partial charge in [0.2, 0.25) is 0 Å². The summed E-state index contributed by atoms with van der Waals surface area (Å²) in [5.41, 5.74) is 3.21. The Labute approximate surface area is 208 Å². The summed E-state index contributed by atoms with van der Waals surface area (Å²) in [7, 11) is 0. The highest BCUT2D eigenvalue weighted by Gasteiger charge is 2.41. The molecule has 1 saturated heterocycles. The van der Waals surface area contributed by atoms with Crippen LogP contribution in [0.1, 0.15) is 16.7 Å². The highest BCUT2D eigenvalue weighted by atomic mass is 16.6. The molecule has 1 heterocycles. The van der Waals surface area contributed by atoms with E-state index in [0.717, 1.165) is 16.7 Å². The van der Waals surface area contributed by atoms with E-state index in [0.29, 0.717) is 39.5 Å². The van der Waals surface area contributed by atoms with Crippen LogP contribution in [-0.2, 0) is 34.0 Å². The minimum Gasteiger partial charge on any atom is -0.389 e. The number of rotatable bonds is 11. The van der Waals surface area contributed by atoms with Crippen molar-refractivity contribution >= 4 is 0 Å². The van der Waals surface area contributed by atoms with Gasteiger partial charge >= 0.3 is 0 Å². The topological polar surface area (TPSA) is 51.2 Å². The molecular weight excluding hydrogens is 438 g/mol. The van der Waals surface area contributed by atoms with E-state index in [1.165, 1.54) is 0 Å². The van der Waals surface area contributed by atoms with Crippen LogP contribution in [0.2, 0.25) is 0 Å². The molecule has 3 aromatic rings. The van der Waals surface area contributed by atoms with Crippen LogP contribution in [0.3, 0.4) is 0 Å². The molecule has 5 nitrogen and oxygen atoms in total. The Morgan fingerprint density at radius 1 is 0.686 bits per heavy atom. The predicted octanol–water partition coefficient (Wildman–Crippen LogP) is 4.61. The van der Waals surface area contributed by atoms with Crippen molar-refractivity contribution in [3.8, 4) is 0 Å². The molecule has 0 amide bonds. The third-order valence-corrected chi connectivity index (χ3v) is 6.22. The summed E-state index contributed by atoms with van der Waals surface area (Å²) in [6, 6.07) is 30.2. The number of hydrogen-bond acceptors (Lipinski definition) is 5. The molecule has 0 radical (unpaired) electrons. The van der Waals surface area contributed by atoms with Gasteiger partial charge in [0.25, 0.3) is 0 Å². The van der Waals surface area contributed by atoms with Crippen LogP contribution in [0.4, 0.5) is 0 Å². The number of hydrogen-bond donors (Lipinski definition) is 1.